The lowest BCUT2D eigenvalue weighted by Gasteiger charge is -2.22. The van der Waals surface area contributed by atoms with Crippen LogP contribution in [0.25, 0.3) is 0 Å². The normalized spacial score (nSPS) is 19.8. The quantitative estimate of drug-likeness (QED) is 0.748. The Kier molecular flexibility index (Phi) is 8.07. The summed E-state index contributed by atoms with van der Waals surface area (Å²) in [6, 6.07) is 15.6. The van der Waals surface area contributed by atoms with Crippen LogP contribution in [0, 0.1) is 11.7 Å². The summed E-state index contributed by atoms with van der Waals surface area (Å²) in [6.07, 6.45) is 3.48. The largest absolute Gasteiger partial charge is 0.488 e. The fourth-order valence-electron chi connectivity index (χ4n) is 3.45. The van der Waals surface area contributed by atoms with E-state index in [4.69, 9.17) is 10.5 Å². The Morgan fingerprint density at radius 1 is 1.15 bits per heavy atom. The molecule has 0 heterocycles. The van der Waals surface area contributed by atoms with Gasteiger partial charge in [-0.1, -0.05) is 48.9 Å². The van der Waals surface area contributed by atoms with E-state index in [0.717, 1.165) is 24.8 Å². The molecule has 1 amide bonds. The van der Waals surface area contributed by atoms with Crippen molar-refractivity contribution < 1.29 is 13.9 Å². The van der Waals surface area contributed by atoms with Crippen LogP contribution in [0.15, 0.2) is 54.6 Å². The van der Waals surface area contributed by atoms with Crippen molar-refractivity contribution in [2.24, 2.45) is 11.7 Å². The smallest absolute Gasteiger partial charge is 0.220 e. The minimum absolute atomic E-state index is 0. The Morgan fingerprint density at radius 3 is 2.52 bits per heavy atom. The number of para-hydroxylation sites is 1. The van der Waals surface area contributed by atoms with Gasteiger partial charge in [-0.3, -0.25) is 4.79 Å². The van der Waals surface area contributed by atoms with Crippen LogP contribution in [0.1, 0.15) is 37.3 Å². The van der Waals surface area contributed by atoms with E-state index < -0.39 is 5.82 Å². The molecule has 3 rings (SSSR count). The average Bonchev–Trinajstić information content (AvgIpc) is 3.05. The Balaban J connectivity index is 0.00000261. The molecule has 27 heavy (non-hydrogen) atoms. The van der Waals surface area contributed by atoms with Gasteiger partial charge in [0.2, 0.25) is 5.91 Å². The Labute approximate surface area is 165 Å². The Hall–Kier alpha value is -2.11. The van der Waals surface area contributed by atoms with Gasteiger partial charge in [-0.15, -0.1) is 12.4 Å². The zero-order chi connectivity index (χ0) is 18.4. The van der Waals surface area contributed by atoms with E-state index in [0.29, 0.717) is 6.42 Å². The van der Waals surface area contributed by atoms with Gasteiger partial charge in [0.15, 0.2) is 11.6 Å². The predicted octanol–water partition coefficient (Wildman–Crippen LogP) is 4.00. The molecule has 146 valence electrons. The predicted molar refractivity (Wildman–Crippen MR) is 106 cm³/mol. The first kappa shape index (κ1) is 21.2. The molecule has 1 unspecified atom stereocenters. The molecule has 1 aliphatic rings. The minimum Gasteiger partial charge on any atom is -0.488 e. The van der Waals surface area contributed by atoms with Crippen LogP contribution >= 0.6 is 12.4 Å². The van der Waals surface area contributed by atoms with Crippen LogP contribution in [-0.4, -0.2) is 18.6 Å². The maximum Gasteiger partial charge on any atom is 0.220 e. The number of carbonyl (C=O) groups is 1. The summed E-state index contributed by atoms with van der Waals surface area (Å²) >= 11 is 0. The van der Waals surface area contributed by atoms with E-state index in [2.05, 4.69) is 5.32 Å². The lowest BCUT2D eigenvalue weighted by atomic mass is 9.99. The molecule has 0 aromatic heterocycles. The number of benzene rings is 2. The van der Waals surface area contributed by atoms with Crippen LogP contribution in [0.3, 0.4) is 0 Å². The second-order valence-corrected chi connectivity index (χ2v) is 6.83. The van der Waals surface area contributed by atoms with Gasteiger partial charge in [0.05, 0.1) is 6.04 Å². The van der Waals surface area contributed by atoms with Crippen molar-refractivity contribution in [2.45, 2.75) is 37.8 Å². The van der Waals surface area contributed by atoms with Gasteiger partial charge in [-0.05, 0) is 36.5 Å². The molecule has 1 aliphatic carbocycles. The van der Waals surface area contributed by atoms with E-state index in [9.17, 15) is 9.18 Å². The maximum atomic E-state index is 13.8. The fraction of sp³-hybridized carbons (Fsp3) is 0.381. The molecule has 2 aromatic carbocycles. The molecule has 0 radical (unpaired) electrons. The van der Waals surface area contributed by atoms with Crippen molar-refractivity contribution in [2.75, 3.05) is 6.61 Å². The summed E-state index contributed by atoms with van der Waals surface area (Å²) in [5, 5.41) is 3.03. The first-order valence-corrected chi connectivity index (χ1v) is 9.10. The van der Waals surface area contributed by atoms with Gasteiger partial charge in [0.1, 0.15) is 6.61 Å². The first-order valence-electron chi connectivity index (χ1n) is 9.10. The van der Waals surface area contributed by atoms with Crippen LogP contribution in [0.4, 0.5) is 4.39 Å². The number of nitrogens with one attached hydrogen (secondary N) is 1. The number of rotatable bonds is 7. The van der Waals surface area contributed by atoms with Crippen molar-refractivity contribution in [1.82, 2.24) is 5.32 Å². The number of halogens is 2. The summed E-state index contributed by atoms with van der Waals surface area (Å²) in [6.45, 7) is 0.160. The highest BCUT2D eigenvalue weighted by Crippen LogP contribution is 2.27. The molecule has 3 atom stereocenters. The Morgan fingerprint density at radius 2 is 1.85 bits per heavy atom. The van der Waals surface area contributed by atoms with Gasteiger partial charge in [-0.2, -0.15) is 0 Å². The number of carbonyl (C=O) groups excluding carboxylic acids is 1. The SMILES string of the molecule is Cl.N[C@@H]1CCC[C@H]1CC(=O)NC(COc1ccccc1F)c1ccccc1. The summed E-state index contributed by atoms with van der Waals surface area (Å²) < 4.78 is 19.4. The van der Waals surface area contributed by atoms with Crippen molar-refractivity contribution in [1.29, 1.82) is 0 Å². The molecular formula is C21H26ClFN2O2. The number of ether oxygens (including phenoxy) is 1. The second kappa shape index (κ2) is 10.3. The molecule has 0 bridgehead atoms. The zero-order valence-electron chi connectivity index (χ0n) is 15.1. The minimum atomic E-state index is -0.414. The average molecular weight is 393 g/mol. The van der Waals surface area contributed by atoms with Gasteiger partial charge < -0.3 is 15.8 Å². The maximum absolute atomic E-state index is 13.8. The second-order valence-electron chi connectivity index (χ2n) is 6.83. The molecule has 0 saturated heterocycles. The van der Waals surface area contributed by atoms with Crippen molar-refractivity contribution in [3.63, 3.8) is 0 Å². The Bertz CT molecular complexity index is 729. The lowest BCUT2D eigenvalue weighted by Crippen LogP contribution is -2.36. The lowest BCUT2D eigenvalue weighted by molar-refractivity contribution is -0.123. The van der Waals surface area contributed by atoms with E-state index in [-0.39, 0.29) is 48.7 Å². The zero-order valence-corrected chi connectivity index (χ0v) is 16.0. The first-order chi connectivity index (χ1) is 12.6. The van der Waals surface area contributed by atoms with Gasteiger partial charge in [0.25, 0.3) is 0 Å². The highest BCUT2D eigenvalue weighted by atomic mass is 35.5. The number of hydrogen-bond acceptors (Lipinski definition) is 3. The number of amides is 1. The van der Waals surface area contributed by atoms with E-state index >= 15 is 0 Å². The summed E-state index contributed by atoms with van der Waals surface area (Å²) in [4.78, 5) is 12.5. The highest BCUT2D eigenvalue weighted by Gasteiger charge is 2.27. The van der Waals surface area contributed by atoms with Crippen LogP contribution in [-0.2, 0) is 4.79 Å². The van der Waals surface area contributed by atoms with Gasteiger partial charge in [0, 0.05) is 12.5 Å². The van der Waals surface area contributed by atoms with Crippen molar-refractivity contribution in [3.05, 3.63) is 66.0 Å². The molecule has 1 saturated carbocycles. The number of hydrogen-bond donors (Lipinski definition) is 2. The van der Waals surface area contributed by atoms with Gasteiger partial charge in [-0.25, -0.2) is 4.39 Å². The highest BCUT2D eigenvalue weighted by molar-refractivity contribution is 5.85. The summed E-state index contributed by atoms with van der Waals surface area (Å²) in [5.74, 6) is -0.0414. The van der Waals surface area contributed by atoms with Gasteiger partial charge >= 0.3 is 0 Å². The van der Waals surface area contributed by atoms with Crippen LogP contribution in [0.5, 0.6) is 5.75 Å². The molecule has 3 N–H and O–H groups in total. The monoisotopic (exact) mass is 392 g/mol. The van der Waals surface area contributed by atoms with Crippen molar-refractivity contribution >= 4 is 18.3 Å². The van der Waals surface area contributed by atoms with Crippen molar-refractivity contribution in [3.8, 4) is 5.75 Å². The third-order valence-corrected chi connectivity index (χ3v) is 4.94. The van der Waals surface area contributed by atoms with E-state index in [1.807, 2.05) is 30.3 Å². The molecule has 1 fully saturated rings. The third-order valence-electron chi connectivity index (χ3n) is 4.94. The van der Waals surface area contributed by atoms with Crippen LogP contribution < -0.4 is 15.8 Å². The van der Waals surface area contributed by atoms with Crippen LogP contribution in [0.2, 0.25) is 0 Å². The summed E-state index contributed by atoms with van der Waals surface area (Å²) in [5.41, 5.74) is 7.00. The molecule has 0 aliphatic heterocycles. The topological polar surface area (TPSA) is 64.4 Å². The molecule has 6 heteroatoms. The third kappa shape index (κ3) is 5.94. The molecule has 2 aromatic rings. The fourth-order valence-corrected chi connectivity index (χ4v) is 3.45. The number of nitrogens with two attached hydrogens (primary N) is 1. The molecule has 0 spiro atoms. The standard InChI is InChI=1S/C21H25FN2O2.ClH/c22-17-10-4-5-12-20(17)26-14-19(15-7-2-1-3-8-15)24-21(25)13-16-9-6-11-18(16)23;/h1-5,7-8,10,12,16,18-19H,6,9,11,13-14,23H2,(H,24,25);1H/t16-,18+,19?;/m0./s1. The van der Waals surface area contributed by atoms with E-state index in [1.54, 1.807) is 18.2 Å². The van der Waals surface area contributed by atoms with E-state index in [1.165, 1.54) is 6.07 Å². The molecule has 4 nitrogen and oxygen atoms in total. The summed E-state index contributed by atoms with van der Waals surface area (Å²) in [7, 11) is 0. The molecular weight excluding hydrogens is 367 g/mol.